The minimum absolute atomic E-state index is 0.0898. The molecule has 0 saturated carbocycles. The summed E-state index contributed by atoms with van der Waals surface area (Å²) in [6, 6.07) is 16.5. The molecule has 0 unspecified atom stereocenters. The van der Waals surface area contributed by atoms with Crippen LogP contribution in [0.4, 0.5) is 5.95 Å². The Bertz CT molecular complexity index is 1120. The summed E-state index contributed by atoms with van der Waals surface area (Å²) in [5, 5.41) is 3.66. The van der Waals surface area contributed by atoms with E-state index in [4.69, 9.17) is 19.5 Å². The molecule has 2 aromatic carbocycles. The summed E-state index contributed by atoms with van der Waals surface area (Å²) in [4.78, 5) is 14.4. The van der Waals surface area contributed by atoms with Crippen molar-refractivity contribution in [1.82, 2.24) is 19.8 Å². The molecule has 8 heteroatoms. The zero-order valence-corrected chi connectivity index (χ0v) is 17.6. The number of methoxy groups -OCH3 is 1. The molecular formula is C23H26N6O2. The third kappa shape index (κ3) is 3.23. The quantitative estimate of drug-likeness (QED) is 0.703. The minimum atomic E-state index is -0.0898. The Balaban J connectivity index is 1.39. The van der Waals surface area contributed by atoms with Gasteiger partial charge in [0.1, 0.15) is 11.9 Å². The molecule has 1 fully saturated rings. The van der Waals surface area contributed by atoms with Crippen LogP contribution in [0.1, 0.15) is 24.6 Å². The number of ether oxygens (including phenoxy) is 2. The molecule has 0 amide bonds. The lowest BCUT2D eigenvalue weighted by atomic mass is 10.1. The molecule has 3 aliphatic rings. The molecule has 31 heavy (non-hydrogen) atoms. The fourth-order valence-electron chi connectivity index (χ4n) is 4.72. The third-order valence-corrected chi connectivity index (χ3v) is 6.28. The maximum atomic E-state index is 5.85. The van der Waals surface area contributed by atoms with Crippen LogP contribution in [0.5, 0.6) is 5.75 Å². The van der Waals surface area contributed by atoms with Crippen LogP contribution in [-0.4, -0.2) is 60.1 Å². The van der Waals surface area contributed by atoms with Gasteiger partial charge in [0.2, 0.25) is 11.9 Å². The molecule has 0 aliphatic carbocycles. The van der Waals surface area contributed by atoms with Gasteiger partial charge in [-0.25, -0.2) is 9.98 Å². The number of guanidine groups is 1. The number of imidazole rings is 1. The van der Waals surface area contributed by atoms with Crippen molar-refractivity contribution >= 4 is 22.9 Å². The van der Waals surface area contributed by atoms with E-state index in [0.29, 0.717) is 12.8 Å². The number of nitrogens with zero attached hydrogens (tertiary/aromatic N) is 5. The Kier molecular flexibility index (Phi) is 4.54. The molecule has 1 N–H and O–H groups in total. The molecule has 0 radical (unpaired) electrons. The summed E-state index contributed by atoms with van der Waals surface area (Å²) >= 11 is 0. The van der Waals surface area contributed by atoms with E-state index in [1.54, 1.807) is 7.11 Å². The van der Waals surface area contributed by atoms with Crippen molar-refractivity contribution in [1.29, 1.82) is 0 Å². The van der Waals surface area contributed by atoms with Crippen molar-refractivity contribution in [2.24, 2.45) is 4.99 Å². The highest BCUT2D eigenvalue weighted by Crippen LogP contribution is 2.34. The van der Waals surface area contributed by atoms with Gasteiger partial charge in [-0.15, -0.1) is 0 Å². The first-order valence-electron chi connectivity index (χ1n) is 10.8. The lowest BCUT2D eigenvalue weighted by molar-refractivity contribution is 0.0732. The summed E-state index contributed by atoms with van der Waals surface area (Å²) in [7, 11) is 1.69. The van der Waals surface area contributed by atoms with Crippen LogP contribution in [0.3, 0.4) is 0 Å². The zero-order valence-electron chi connectivity index (χ0n) is 17.6. The predicted molar refractivity (Wildman–Crippen MR) is 119 cm³/mol. The zero-order chi connectivity index (χ0) is 20.8. The van der Waals surface area contributed by atoms with E-state index in [1.807, 2.05) is 18.2 Å². The molecule has 3 aromatic rings. The summed E-state index contributed by atoms with van der Waals surface area (Å²) < 4.78 is 13.5. The van der Waals surface area contributed by atoms with Gasteiger partial charge in [0.15, 0.2) is 0 Å². The van der Waals surface area contributed by atoms with Crippen LogP contribution in [0, 0.1) is 0 Å². The van der Waals surface area contributed by atoms with Gasteiger partial charge < -0.3 is 14.8 Å². The number of anilines is 1. The molecule has 8 nitrogen and oxygen atoms in total. The van der Waals surface area contributed by atoms with Crippen molar-refractivity contribution in [3.63, 3.8) is 0 Å². The second-order valence-electron chi connectivity index (χ2n) is 8.27. The van der Waals surface area contributed by atoms with E-state index in [9.17, 15) is 0 Å². The molecular weight excluding hydrogens is 392 g/mol. The van der Waals surface area contributed by atoms with Crippen molar-refractivity contribution in [3.8, 4) is 5.75 Å². The van der Waals surface area contributed by atoms with E-state index >= 15 is 0 Å². The third-order valence-electron chi connectivity index (χ3n) is 6.28. The largest absolute Gasteiger partial charge is 0.497 e. The standard InChI is InChI=1S/C23H26N6O2/c1-30-17-10-8-16(9-11-17)21-26-22-24-14-27(13-18-5-4-12-31-18)15-28(22)23-25-19-6-2-3-7-20(19)29(21)23/h2-3,6-11,18,21H,4-5,12-15H2,1H3,(H,24,26)/t18-,21-/m0/s1. The topological polar surface area (TPSA) is 67.2 Å². The Hall–Kier alpha value is -3.10. The van der Waals surface area contributed by atoms with Gasteiger partial charge in [-0.05, 0) is 42.7 Å². The fraction of sp³-hybridized carbons (Fsp3) is 0.391. The van der Waals surface area contributed by atoms with Crippen LogP contribution in [0.25, 0.3) is 11.0 Å². The minimum Gasteiger partial charge on any atom is -0.497 e. The van der Waals surface area contributed by atoms with E-state index in [1.165, 1.54) is 0 Å². The Morgan fingerprint density at radius 3 is 2.84 bits per heavy atom. The van der Waals surface area contributed by atoms with Gasteiger partial charge in [0, 0.05) is 13.2 Å². The van der Waals surface area contributed by atoms with Crippen molar-refractivity contribution in [2.45, 2.75) is 25.1 Å². The van der Waals surface area contributed by atoms with Crippen LogP contribution >= 0.6 is 0 Å². The normalized spacial score (nSPS) is 23.3. The average Bonchev–Trinajstić information content (AvgIpc) is 3.47. The van der Waals surface area contributed by atoms with Gasteiger partial charge >= 0.3 is 0 Å². The Labute approximate surface area is 181 Å². The summed E-state index contributed by atoms with van der Waals surface area (Å²) in [5.74, 6) is 2.63. The maximum absolute atomic E-state index is 5.85. The summed E-state index contributed by atoms with van der Waals surface area (Å²) in [6.45, 7) is 3.17. The SMILES string of the molecule is COc1ccc([C@H]2NC3=NCN(C[C@@H]4CCCO4)CN3c3nc4ccccc4n32)cc1. The first-order valence-corrected chi connectivity index (χ1v) is 10.8. The highest BCUT2D eigenvalue weighted by atomic mass is 16.5. The second kappa shape index (κ2) is 7.55. The lowest BCUT2D eigenvalue weighted by Gasteiger charge is -2.42. The highest BCUT2D eigenvalue weighted by Gasteiger charge is 2.36. The molecule has 2 atom stereocenters. The van der Waals surface area contributed by atoms with Gasteiger partial charge in [-0.3, -0.25) is 14.4 Å². The first-order chi connectivity index (χ1) is 15.3. The number of fused-ring (bicyclic) bond motifs is 5. The van der Waals surface area contributed by atoms with E-state index in [0.717, 1.165) is 66.9 Å². The van der Waals surface area contributed by atoms with Crippen molar-refractivity contribution in [2.75, 3.05) is 38.5 Å². The van der Waals surface area contributed by atoms with E-state index < -0.39 is 0 Å². The fourth-order valence-corrected chi connectivity index (χ4v) is 4.72. The second-order valence-corrected chi connectivity index (χ2v) is 8.27. The number of aromatic nitrogens is 2. The molecule has 3 aliphatic heterocycles. The van der Waals surface area contributed by atoms with Gasteiger partial charge in [-0.1, -0.05) is 24.3 Å². The molecule has 4 heterocycles. The maximum Gasteiger partial charge on any atom is 0.216 e. The Morgan fingerprint density at radius 1 is 1.16 bits per heavy atom. The average molecular weight is 419 g/mol. The molecule has 1 saturated heterocycles. The number of benzene rings is 2. The van der Waals surface area contributed by atoms with E-state index in [-0.39, 0.29) is 6.17 Å². The number of aliphatic imine (C=N–C) groups is 1. The summed E-state index contributed by atoms with van der Waals surface area (Å²) in [5.41, 5.74) is 3.21. The molecule has 1 aromatic heterocycles. The van der Waals surface area contributed by atoms with E-state index in [2.05, 4.69) is 50.0 Å². The number of nitrogens with one attached hydrogen (secondary N) is 1. The van der Waals surface area contributed by atoms with Crippen LogP contribution in [0.15, 0.2) is 53.5 Å². The van der Waals surface area contributed by atoms with Crippen molar-refractivity contribution < 1.29 is 9.47 Å². The van der Waals surface area contributed by atoms with Gasteiger partial charge in [0.05, 0.1) is 37.6 Å². The number of hydrogen-bond donors (Lipinski definition) is 1. The smallest absolute Gasteiger partial charge is 0.216 e. The first kappa shape index (κ1) is 18.7. The molecule has 6 rings (SSSR count). The predicted octanol–water partition coefficient (Wildman–Crippen LogP) is 2.77. The number of rotatable bonds is 4. The van der Waals surface area contributed by atoms with Crippen LogP contribution in [-0.2, 0) is 4.74 Å². The van der Waals surface area contributed by atoms with Gasteiger partial charge in [0.25, 0.3) is 0 Å². The molecule has 160 valence electrons. The Morgan fingerprint density at radius 2 is 2.03 bits per heavy atom. The van der Waals surface area contributed by atoms with Gasteiger partial charge in [-0.2, -0.15) is 0 Å². The molecule has 0 spiro atoms. The van der Waals surface area contributed by atoms with Crippen LogP contribution < -0.4 is 15.0 Å². The monoisotopic (exact) mass is 418 g/mol. The highest BCUT2D eigenvalue weighted by molar-refractivity contribution is 5.98. The summed E-state index contributed by atoms with van der Waals surface area (Å²) in [6.07, 6.45) is 2.49. The van der Waals surface area contributed by atoms with Crippen LogP contribution in [0.2, 0.25) is 0 Å². The number of hydrogen-bond acceptors (Lipinski definition) is 7. The molecule has 0 bridgehead atoms. The van der Waals surface area contributed by atoms with Crippen molar-refractivity contribution in [3.05, 3.63) is 54.1 Å². The lowest BCUT2D eigenvalue weighted by Crippen LogP contribution is -2.58. The number of para-hydroxylation sites is 2.